The normalized spacial score (nSPS) is 26.1. The maximum atomic E-state index is 6.13. The summed E-state index contributed by atoms with van der Waals surface area (Å²) in [7, 11) is 4.31. The van der Waals surface area contributed by atoms with Gasteiger partial charge in [-0.15, -0.1) is 0 Å². The van der Waals surface area contributed by atoms with Crippen molar-refractivity contribution in [1.82, 2.24) is 9.80 Å². The lowest BCUT2D eigenvalue weighted by atomic mass is 9.78. The van der Waals surface area contributed by atoms with E-state index in [1.807, 2.05) is 0 Å². The largest absolute Gasteiger partial charge is 0.329 e. The minimum absolute atomic E-state index is 0.600. The molecule has 0 radical (unpaired) electrons. The molecule has 3 nitrogen and oxygen atoms in total. The lowest BCUT2D eigenvalue weighted by molar-refractivity contribution is 0.100. The molecular formula is C16H35N3. The molecule has 1 saturated carbocycles. The maximum Gasteiger partial charge on any atom is 0.0247 e. The molecule has 3 heteroatoms. The molecular weight excluding hydrogens is 234 g/mol. The molecule has 1 aliphatic rings. The zero-order valence-corrected chi connectivity index (χ0v) is 13.6. The Bertz CT molecular complexity index is 230. The highest BCUT2D eigenvalue weighted by Crippen LogP contribution is 2.32. The number of nitrogens with two attached hydrogens (primary N) is 1. The molecule has 3 unspecified atom stereocenters. The summed E-state index contributed by atoms with van der Waals surface area (Å²) in [5.41, 5.74) is 6.13. The third-order valence-electron chi connectivity index (χ3n) is 4.58. The molecule has 2 N–H and O–H groups in total. The molecule has 1 fully saturated rings. The molecule has 0 aromatic rings. The van der Waals surface area contributed by atoms with Crippen LogP contribution in [-0.2, 0) is 0 Å². The van der Waals surface area contributed by atoms with Crippen LogP contribution in [0.1, 0.15) is 46.0 Å². The van der Waals surface area contributed by atoms with Gasteiger partial charge < -0.3 is 10.6 Å². The Hall–Kier alpha value is -0.120. The third kappa shape index (κ3) is 5.80. The highest BCUT2D eigenvalue weighted by atomic mass is 15.2. The van der Waals surface area contributed by atoms with Gasteiger partial charge in [0, 0.05) is 25.7 Å². The summed E-state index contributed by atoms with van der Waals surface area (Å²) in [6.07, 6.45) is 6.81. The average Bonchev–Trinajstić information content (AvgIpc) is 2.37. The van der Waals surface area contributed by atoms with Crippen LogP contribution in [0.4, 0.5) is 0 Å². The molecule has 0 heterocycles. The lowest BCUT2D eigenvalue weighted by Crippen LogP contribution is -2.49. The smallest absolute Gasteiger partial charge is 0.0247 e. The standard InChI is InChI=1S/C16H35N3/c1-5-9-19(11-10-18(3)4)16(13-17)15-8-6-7-14(2)12-15/h14-16H,5-13,17H2,1-4H3. The van der Waals surface area contributed by atoms with Crippen molar-refractivity contribution in [3.63, 3.8) is 0 Å². The van der Waals surface area contributed by atoms with E-state index in [0.29, 0.717) is 6.04 Å². The first-order valence-electron chi connectivity index (χ1n) is 8.17. The molecule has 3 atom stereocenters. The van der Waals surface area contributed by atoms with Gasteiger partial charge in [0.15, 0.2) is 0 Å². The molecule has 0 saturated heterocycles. The topological polar surface area (TPSA) is 32.5 Å². The molecule has 0 aromatic carbocycles. The van der Waals surface area contributed by atoms with E-state index in [0.717, 1.165) is 31.5 Å². The van der Waals surface area contributed by atoms with E-state index in [4.69, 9.17) is 5.73 Å². The summed E-state index contributed by atoms with van der Waals surface area (Å²) in [4.78, 5) is 4.93. The second-order valence-corrected chi connectivity index (χ2v) is 6.67. The Morgan fingerprint density at radius 1 is 1.16 bits per heavy atom. The van der Waals surface area contributed by atoms with Gasteiger partial charge in [-0.2, -0.15) is 0 Å². The van der Waals surface area contributed by atoms with Gasteiger partial charge in [0.25, 0.3) is 0 Å². The fourth-order valence-corrected chi connectivity index (χ4v) is 3.53. The Balaban J connectivity index is 2.60. The summed E-state index contributed by atoms with van der Waals surface area (Å²) in [5, 5.41) is 0. The highest BCUT2D eigenvalue weighted by Gasteiger charge is 2.29. The first-order valence-corrected chi connectivity index (χ1v) is 8.17. The summed E-state index contributed by atoms with van der Waals surface area (Å²) in [6.45, 7) is 9.00. The zero-order chi connectivity index (χ0) is 14.3. The van der Waals surface area contributed by atoms with E-state index in [1.54, 1.807) is 0 Å². The van der Waals surface area contributed by atoms with E-state index in [2.05, 4.69) is 37.7 Å². The fourth-order valence-electron chi connectivity index (χ4n) is 3.53. The van der Waals surface area contributed by atoms with E-state index in [-0.39, 0.29) is 0 Å². The van der Waals surface area contributed by atoms with Gasteiger partial charge in [0.1, 0.15) is 0 Å². The van der Waals surface area contributed by atoms with Crippen molar-refractivity contribution < 1.29 is 0 Å². The predicted octanol–water partition coefficient (Wildman–Crippen LogP) is 2.41. The molecule has 1 aliphatic carbocycles. The van der Waals surface area contributed by atoms with E-state index in [1.165, 1.54) is 38.6 Å². The fraction of sp³-hybridized carbons (Fsp3) is 1.00. The molecule has 0 spiro atoms. The van der Waals surface area contributed by atoms with Crippen molar-refractivity contribution in [3.8, 4) is 0 Å². The monoisotopic (exact) mass is 269 g/mol. The number of hydrogen-bond donors (Lipinski definition) is 1. The Labute approximate surface area is 120 Å². The van der Waals surface area contributed by atoms with Crippen molar-refractivity contribution in [2.75, 3.05) is 40.3 Å². The van der Waals surface area contributed by atoms with Crippen molar-refractivity contribution >= 4 is 0 Å². The minimum Gasteiger partial charge on any atom is -0.329 e. The number of hydrogen-bond acceptors (Lipinski definition) is 3. The van der Waals surface area contributed by atoms with Crippen molar-refractivity contribution in [1.29, 1.82) is 0 Å². The molecule has 19 heavy (non-hydrogen) atoms. The molecule has 114 valence electrons. The van der Waals surface area contributed by atoms with Crippen LogP contribution in [0.2, 0.25) is 0 Å². The number of likely N-dealkylation sites (N-methyl/N-ethyl adjacent to an activating group) is 1. The molecule has 0 aromatic heterocycles. The Kier molecular flexibility index (Phi) is 7.96. The highest BCUT2D eigenvalue weighted by molar-refractivity contribution is 4.84. The van der Waals surface area contributed by atoms with E-state index < -0.39 is 0 Å². The van der Waals surface area contributed by atoms with Gasteiger partial charge in [0.2, 0.25) is 0 Å². The summed E-state index contributed by atoms with van der Waals surface area (Å²) in [6, 6.07) is 0.600. The first-order chi connectivity index (χ1) is 9.08. The average molecular weight is 269 g/mol. The van der Waals surface area contributed by atoms with Crippen LogP contribution in [0.15, 0.2) is 0 Å². The Morgan fingerprint density at radius 2 is 1.89 bits per heavy atom. The quantitative estimate of drug-likeness (QED) is 0.734. The lowest BCUT2D eigenvalue weighted by Gasteiger charge is -2.40. The molecule has 0 amide bonds. The van der Waals surface area contributed by atoms with Crippen LogP contribution in [0, 0.1) is 11.8 Å². The van der Waals surface area contributed by atoms with Crippen LogP contribution < -0.4 is 5.73 Å². The van der Waals surface area contributed by atoms with Crippen LogP contribution in [-0.4, -0.2) is 56.1 Å². The number of nitrogens with zero attached hydrogens (tertiary/aromatic N) is 2. The van der Waals surface area contributed by atoms with Crippen LogP contribution in [0.5, 0.6) is 0 Å². The van der Waals surface area contributed by atoms with Gasteiger partial charge in [-0.3, -0.25) is 4.90 Å². The van der Waals surface area contributed by atoms with E-state index >= 15 is 0 Å². The SMILES string of the molecule is CCCN(CCN(C)C)C(CN)C1CCCC(C)C1. The van der Waals surface area contributed by atoms with Gasteiger partial charge in [-0.25, -0.2) is 0 Å². The summed E-state index contributed by atoms with van der Waals surface area (Å²) in [5.74, 6) is 1.72. The Morgan fingerprint density at radius 3 is 2.42 bits per heavy atom. The second-order valence-electron chi connectivity index (χ2n) is 6.67. The maximum absolute atomic E-state index is 6.13. The predicted molar refractivity (Wildman–Crippen MR) is 84.4 cm³/mol. The first kappa shape index (κ1) is 16.9. The second kappa shape index (κ2) is 8.93. The van der Waals surface area contributed by atoms with Gasteiger partial charge in [-0.05, 0) is 51.7 Å². The van der Waals surface area contributed by atoms with Crippen LogP contribution in [0.25, 0.3) is 0 Å². The summed E-state index contributed by atoms with van der Waals surface area (Å²) < 4.78 is 0. The van der Waals surface area contributed by atoms with Gasteiger partial charge in [0.05, 0.1) is 0 Å². The summed E-state index contributed by atoms with van der Waals surface area (Å²) >= 11 is 0. The minimum atomic E-state index is 0.600. The zero-order valence-electron chi connectivity index (χ0n) is 13.6. The van der Waals surface area contributed by atoms with Gasteiger partial charge in [-0.1, -0.05) is 26.7 Å². The van der Waals surface area contributed by atoms with Crippen molar-refractivity contribution in [2.45, 2.75) is 52.0 Å². The number of rotatable bonds is 8. The third-order valence-corrected chi connectivity index (χ3v) is 4.58. The van der Waals surface area contributed by atoms with Crippen molar-refractivity contribution in [2.24, 2.45) is 17.6 Å². The van der Waals surface area contributed by atoms with E-state index in [9.17, 15) is 0 Å². The van der Waals surface area contributed by atoms with Crippen molar-refractivity contribution in [3.05, 3.63) is 0 Å². The molecule has 1 rings (SSSR count). The van der Waals surface area contributed by atoms with Crippen LogP contribution >= 0.6 is 0 Å². The van der Waals surface area contributed by atoms with Gasteiger partial charge >= 0.3 is 0 Å². The van der Waals surface area contributed by atoms with Crippen LogP contribution in [0.3, 0.4) is 0 Å². The molecule has 0 aliphatic heterocycles. The molecule has 0 bridgehead atoms.